The lowest BCUT2D eigenvalue weighted by molar-refractivity contribution is 0.0948. The van der Waals surface area contributed by atoms with Gasteiger partial charge in [-0.3, -0.25) is 4.79 Å². The second kappa shape index (κ2) is 8.02. The smallest absolute Gasteiger partial charge is 0.251 e. The highest BCUT2D eigenvalue weighted by atomic mass is 35.5. The van der Waals surface area contributed by atoms with Crippen LogP contribution < -0.4 is 10.1 Å². The van der Waals surface area contributed by atoms with E-state index in [-0.39, 0.29) is 17.4 Å². The first-order valence-corrected chi connectivity index (χ1v) is 6.64. The van der Waals surface area contributed by atoms with Crippen molar-refractivity contribution in [3.63, 3.8) is 0 Å². The molecule has 1 unspecified atom stereocenters. The molecule has 1 amide bonds. The van der Waals surface area contributed by atoms with Crippen molar-refractivity contribution in [2.24, 2.45) is 0 Å². The van der Waals surface area contributed by atoms with Crippen LogP contribution in [0.4, 0.5) is 0 Å². The van der Waals surface area contributed by atoms with Crippen LogP contribution in [0.15, 0.2) is 24.3 Å². The summed E-state index contributed by atoms with van der Waals surface area (Å²) in [6, 6.07) is 7.07. The minimum absolute atomic E-state index is 0.0761. The van der Waals surface area contributed by atoms with Crippen LogP contribution in [0.5, 0.6) is 5.75 Å². The summed E-state index contributed by atoms with van der Waals surface area (Å²) < 4.78 is 10.4. The number of nitrogens with one attached hydrogen (secondary N) is 1. The Bertz CT molecular complexity index is 409. The van der Waals surface area contributed by atoms with Gasteiger partial charge in [-0.15, -0.1) is 11.6 Å². The number of halogens is 1. The zero-order valence-corrected chi connectivity index (χ0v) is 12.2. The maximum absolute atomic E-state index is 11.9. The molecule has 0 aromatic heterocycles. The molecule has 1 aromatic carbocycles. The highest BCUT2D eigenvalue weighted by molar-refractivity contribution is 6.21. The van der Waals surface area contributed by atoms with Crippen LogP contribution in [0.1, 0.15) is 24.2 Å². The highest BCUT2D eigenvalue weighted by Crippen LogP contribution is 2.14. The number of hydrogen-bond donors (Lipinski definition) is 1. The van der Waals surface area contributed by atoms with E-state index >= 15 is 0 Å². The molecule has 0 bridgehead atoms. The maximum Gasteiger partial charge on any atom is 0.251 e. The Morgan fingerprint density at radius 2 is 2.16 bits per heavy atom. The van der Waals surface area contributed by atoms with Crippen molar-refractivity contribution in [2.75, 3.05) is 20.3 Å². The van der Waals surface area contributed by atoms with Gasteiger partial charge in [0.1, 0.15) is 5.75 Å². The molecule has 4 nitrogen and oxygen atoms in total. The van der Waals surface area contributed by atoms with Gasteiger partial charge in [-0.25, -0.2) is 0 Å². The van der Waals surface area contributed by atoms with Gasteiger partial charge < -0.3 is 14.8 Å². The average molecular weight is 286 g/mol. The molecule has 106 valence electrons. The second-order valence-corrected chi connectivity index (χ2v) is 5.07. The summed E-state index contributed by atoms with van der Waals surface area (Å²) in [7, 11) is 1.57. The third kappa shape index (κ3) is 5.94. The average Bonchev–Trinajstić information content (AvgIpc) is 2.36. The summed E-state index contributed by atoms with van der Waals surface area (Å²) in [6.45, 7) is 4.65. The molecule has 0 aliphatic rings. The molecule has 19 heavy (non-hydrogen) atoms. The molecule has 5 heteroatoms. The fourth-order valence-corrected chi connectivity index (χ4v) is 1.73. The molecule has 1 atom stereocenters. The van der Waals surface area contributed by atoms with Crippen molar-refractivity contribution < 1.29 is 14.3 Å². The fourth-order valence-electron chi connectivity index (χ4n) is 1.53. The highest BCUT2D eigenvalue weighted by Gasteiger charge is 2.10. The molecular formula is C14H20ClNO3. The van der Waals surface area contributed by atoms with Gasteiger partial charge in [-0.2, -0.15) is 0 Å². The molecule has 0 fully saturated rings. The molecule has 1 aromatic rings. The van der Waals surface area contributed by atoms with Gasteiger partial charge in [-0.05, 0) is 32.0 Å². The molecular weight excluding hydrogens is 266 g/mol. The van der Waals surface area contributed by atoms with Crippen LogP contribution >= 0.6 is 11.6 Å². The van der Waals surface area contributed by atoms with Crippen LogP contribution in [0.25, 0.3) is 0 Å². The van der Waals surface area contributed by atoms with Gasteiger partial charge in [-0.1, -0.05) is 6.07 Å². The molecule has 0 spiro atoms. The summed E-state index contributed by atoms with van der Waals surface area (Å²) in [5, 5.41) is 2.53. The number of hydrogen-bond acceptors (Lipinski definition) is 3. The number of carbonyl (C=O) groups excluding carboxylic acids is 1. The van der Waals surface area contributed by atoms with Crippen molar-refractivity contribution in [3.8, 4) is 5.75 Å². The summed E-state index contributed by atoms with van der Waals surface area (Å²) >= 11 is 5.95. The summed E-state index contributed by atoms with van der Waals surface area (Å²) in [6.07, 6.45) is 0.0761. The third-order valence-electron chi connectivity index (χ3n) is 2.30. The van der Waals surface area contributed by atoms with E-state index in [9.17, 15) is 4.79 Å². The van der Waals surface area contributed by atoms with Gasteiger partial charge in [0, 0.05) is 19.2 Å². The molecule has 0 aliphatic heterocycles. The van der Waals surface area contributed by atoms with E-state index in [4.69, 9.17) is 21.1 Å². The Balaban J connectivity index is 2.56. The van der Waals surface area contributed by atoms with Crippen molar-refractivity contribution in [3.05, 3.63) is 29.8 Å². The Kier molecular flexibility index (Phi) is 6.67. The predicted octanol–water partition coefficient (Wildman–Crippen LogP) is 2.46. The molecule has 0 saturated heterocycles. The van der Waals surface area contributed by atoms with Gasteiger partial charge in [0.2, 0.25) is 0 Å². The molecule has 0 heterocycles. The van der Waals surface area contributed by atoms with E-state index in [1.165, 1.54) is 0 Å². The number of rotatable bonds is 7. The Morgan fingerprint density at radius 3 is 2.79 bits per heavy atom. The number of carbonyl (C=O) groups is 1. The van der Waals surface area contributed by atoms with Crippen LogP contribution in [-0.4, -0.2) is 37.6 Å². The Morgan fingerprint density at radius 1 is 1.42 bits per heavy atom. The molecule has 1 N–H and O–H groups in total. The maximum atomic E-state index is 11.9. The third-order valence-corrected chi connectivity index (χ3v) is 2.58. The Labute approximate surface area is 119 Å². The summed E-state index contributed by atoms with van der Waals surface area (Å²) in [5.41, 5.74) is 0.555. The first kappa shape index (κ1) is 15.8. The lowest BCUT2D eigenvalue weighted by Gasteiger charge is -2.12. The predicted molar refractivity (Wildman–Crippen MR) is 76.1 cm³/mol. The van der Waals surface area contributed by atoms with Crippen LogP contribution in [0.2, 0.25) is 0 Å². The van der Waals surface area contributed by atoms with Gasteiger partial charge in [0.25, 0.3) is 5.91 Å². The molecule has 0 aliphatic carbocycles. The molecule has 0 radical (unpaired) electrons. The van der Waals surface area contributed by atoms with Crippen molar-refractivity contribution in [2.45, 2.75) is 25.3 Å². The van der Waals surface area contributed by atoms with Gasteiger partial charge >= 0.3 is 0 Å². The number of benzene rings is 1. The van der Waals surface area contributed by atoms with E-state index in [0.29, 0.717) is 24.5 Å². The van der Waals surface area contributed by atoms with E-state index < -0.39 is 0 Å². The van der Waals surface area contributed by atoms with Crippen LogP contribution in [-0.2, 0) is 4.74 Å². The van der Waals surface area contributed by atoms with Crippen molar-refractivity contribution in [1.29, 1.82) is 0 Å². The Hall–Kier alpha value is -1.26. The summed E-state index contributed by atoms with van der Waals surface area (Å²) in [4.78, 5) is 11.9. The van der Waals surface area contributed by atoms with E-state index in [1.807, 2.05) is 19.9 Å². The van der Waals surface area contributed by atoms with Gasteiger partial charge in [0.15, 0.2) is 0 Å². The standard InChI is InChI=1S/C14H20ClNO3/c1-10(2)19-13-6-4-5-11(7-13)14(17)16-8-12(15)9-18-3/h4-7,10,12H,8-9H2,1-3H3,(H,16,17). The van der Waals surface area contributed by atoms with Crippen molar-refractivity contribution in [1.82, 2.24) is 5.32 Å². The van der Waals surface area contributed by atoms with E-state index in [1.54, 1.807) is 25.3 Å². The quantitative estimate of drug-likeness (QED) is 0.783. The largest absolute Gasteiger partial charge is 0.491 e. The van der Waals surface area contributed by atoms with E-state index in [2.05, 4.69) is 5.32 Å². The number of alkyl halides is 1. The van der Waals surface area contributed by atoms with Gasteiger partial charge in [0.05, 0.1) is 18.1 Å². The minimum atomic E-state index is -0.232. The zero-order valence-electron chi connectivity index (χ0n) is 11.5. The first-order valence-electron chi connectivity index (χ1n) is 6.21. The van der Waals surface area contributed by atoms with Crippen LogP contribution in [0, 0.1) is 0 Å². The lowest BCUT2D eigenvalue weighted by Crippen LogP contribution is -2.31. The fraction of sp³-hybridized carbons (Fsp3) is 0.500. The normalized spacial score (nSPS) is 12.3. The monoisotopic (exact) mass is 285 g/mol. The zero-order chi connectivity index (χ0) is 14.3. The number of ether oxygens (including phenoxy) is 2. The van der Waals surface area contributed by atoms with E-state index in [0.717, 1.165) is 0 Å². The number of methoxy groups -OCH3 is 1. The van der Waals surface area contributed by atoms with Crippen LogP contribution in [0.3, 0.4) is 0 Å². The van der Waals surface area contributed by atoms with Crippen molar-refractivity contribution >= 4 is 17.5 Å². The summed E-state index contributed by atoms with van der Waals surface area (Å²) in [5.74, 6) is 0.512. The topological polar surface area (TPSA) is 47.6 Å². The first-order chi connectivity index (χ1) is 9.02. The molecule has 1 rings (SSSR count). The second-order valence-electron chi connectivity index (χ2n) is 4.46. The molecule has 0 saturated carbocycles. The lowest BCUT2D eigenvalue weighted by atomic mass is 10.2. The number of amides is 1. The SMILES string of the molecule is COCC(Cl)CNC(=O)c1cccc(OC(C)C)c1. The minimum Gasteiger partial charge on any atom is -0.491 e.